The number of nitrogens with one attached hydrogen (secondary N) is 1. The summed E-state index contributed by atoms with van der Waals surface area (Å²) >= 11 is 0.922. The van der Waals surface area contributed by atoms with Crippen LogP contribution < -0.4 is 5.32 Å². The largest absolute Gasteiger partial charge is 0.469 e. The molecule has 5 nitrogen and oxygen atoms in total. The van der Waals surface area contributed by atoms with Crippen LogP contribution in [0.2, 0.25) is 0 Å². The summed E-state index contributed by atoms with van der Waals surface area (Å²) < 4.78 is 4.45. The third-order valence-corrected chi connectivity index (χ3v) is 3.75. The van der Waals surface area contributed by atoms with Gasteiger partial charge in [0.1, 0.15) is 0 Å². The minimum Gasteiger partial charge on any atom is -0.469 e. The van der Waals surface area contributed by atoms with Crippen LogP contribution in [0.4, 0.5) is 0 Å². The first kappa shape index (κ1) is 20.7. The Labute approximate surface area is 137 Å². The lowest BCUT2D eigenvalue weighted by molar-refractivity contribution is -0.141. The van der Waals surface area contributed by atoms with Gasteiger partial charge in [-0.15, -0.1) is 0 Å². The second kappa shape index (κ2) is 14.6. The Morgan fingerprint density at radius 2 is 1.73 bits per heavy atom. The number of carbonyl (C=O) groups is 3. The molecule has 0 aromatic rings. The third-order valence-electron chi connectivity index (χ3n) is 3.01. The molecule has 0 saturated carbocycles. The van der Waals surface area contributed by atoms with Crippen LogP contribution in [-0.2, 0) is 19.1 Å². The van der Waals surface area contributed by atoms with Gasteiger partial charge in [-0.3, -0.25) is 14.4 Å². The Balaban J connectivity index is 3.57. The van der Waals surface area contributed by atoms with E-state index in [-0.39, 0.29) is 23.9 Å². The number of hydrogen-bond acceptors (Lipinski definition) is 5. The Kier molecular flexibility index (Phi) is 13.8. The van der Waals surface area contributed by atoms with Crippen molar-refractivity contribution >= 4 is 28.8 Å². The molecule has 0 aromatic carbocycles. The first-order chi connectivity index (χ1) is 10.6. The number of ether oxygens (including phenoxy) is 1. The van der Waals surface area contributed by atoms with Crippen molar-refractivity contribution < 1.29 is 19.1 Å². The first-order valence-corrected chi connectivity index (χ1v) is 8.68. The quantitative estimate of drug-likeness (QED) is 0.338. The molecular weight excluding hydrogens is 302 g/mol. The fourth-order valence-corrected chi connectivity index (χ4v) is 2.28. The van der Waals surface area contributed by atoms with Gasteiger partial charge in [0.15, 0.2) is 5.12 Å². The van der Waals surface area contributed by atoms with E-state index in [1.54, 1.807) is 0 Å². The monoisotopic (exact) mass is 329 g/mol. The normalized spacial score (nSPS) is 10.6. The number of hydrogen-bond donors (Lipinski definition) is 1. The molecule has 0 fully saturated rings. The van der Waals surface area contributed by atoms with Crippen LogP contribution in [0.3, 0.4) is 0 Å². The summed E-state index contributed by atoms with van der Waals surface area (Å²) in [6.45, 7) is 2.85. The highest BCUT2D eigenvalue weighted by Gasteiger charge is 2.06. The van der Waals surface area contributed by atoms with E-state index in [1.807, 2.05) is 0 Å². The smallest absolute Gasteiger partial charge is 0.305 e. The van der Waals surface area contributed by atoms with Gasteiger partial charge in [-0.25, -0.2) is 0 Å². The van der Waals surface area contributed by atoms with Crippen LogP contribution in [0.5, 0.6) is 0 Å². The molecule has 0 aromatic heterocycles. The van der Waals surface area contributed by atoms with Crippen LogP contribution in [0.25, 0.3) is 0 Å². The molecule has 6 heteroatoms. The van der Waals surface area contributed by atoms with Crippen LogP contribution >= 0.6 is 11.8 Å². The van der Waals surface area contributed by atoms with E-state index >= 15 is 0 Å². The van der Waals surface area contributed by atoms with E-state index in [0.29, 0.717) is 6.54 Å². The molecule has 0 spiro atoms. The summed E-state index contributed by atoms with van der Waals surface area (Å²) in [5, 5.41) is 4.08. The second-order valence-corrected chi connectivity index (χ2v) is 5.89. The molecule has 0 atom stereocenters. The van der Waals surface area contributed by atoms with Gasteiger partial charge >= 0.3 is 5.97 Å². The van der Waals surface area contributed by atoms with Gasteiger partial charge in [0, 0.05) is 19.0 Å². The lowest BCUT2D eigenvalue weighted by atomic mass is 10.1. The van der Waals surface area contributed by atoms with Crippen molar-refractivity contribution in [2.45, 2.75) is 58.3 Å². The van der Waals surface area contributed by atoms with E-state index in [1.165, 1.54) is 44.3 Å². The van der Waals surface area contributed by atoms with Crippen LogP contribution in [0.15, 0.2) is 11.5 Å². The minimum absolute atomic E-state index is 0.0698. The van der Waals surface area contributed by atoms with Crippen molar-refractivity contribution in [2.75, 3.05) is 13.7 Å². The number of carbonyl (C=O) groups excluding carboxylic acids is 3. The second-order valence-electron chi connectivity index (χ2n) is 4.93. The maximum Gasteiger partial charge on any atom is 0.305 e. The molecule has 22 heavy (non-hydrogen) atoms. The highest BCUT2D eigenvalue weighted by Crippen LogP contribution is 2.09. The number of rotatable bonds is 12. The van der Waals surface area contributed by atoms with Crippen molar-refractivity contribution in [3.05, 3.63) is 11.5 Å². The predicted octanol–water partition coefficient (Wildman–Crippen LogP) is 3.19. The molecule has 0 aliphatic carbocycles. The van der Waals surface area contributed by atoms with Crippen molar-refractivity contribution in [2.24, 2.45) is 0 Å². The number of esters is 1. The average molecular weight is 329 g/mol. The first-order valence-electron chi connectivity index (χ1n) is 7.80. The molecule has 1 amide bonds. The maximum absolute atomic E-state index is 11.5. The van der Waals surface area contributed by atoms with E-state index in [0.717, 1.165) is 24.6 Å². The van der Waals surface area contributed by atoms with Gasteiger partial charge in [-0.05, 0) is 11.8 Å². The zero-order chi connectivity index (χ0) is 16.6. The lowest BCUT2D eigenvalue weighted by Crippen LogP contribution is -2.21. The topological polar surface area (TPSA) is 72.5 Å². The van der Waals surface area contributed by atoms with Crippen molar-refractivity contribution in [3.63, 3.8) is 0 Å². The Morgan fingerprint density at radius 1 is 1.05 bits per heavy atom. The van der Waals surface area contributed by atoms with Gasteiger partial charge in [0.25, 0.3) is 0 Å². The van der Waals surface area contributed by atoms with E-state index < -0.39 is 5.97 Å². The summed E-state index contributed by atoms with van der Waals surface area (Å²) in [7, 11) is 1.29. The SMILES string of the molecule is CCCCCCCCNC(=O)/C=C\SC(=O)CCC(=O)OC. The van der Waals surface area contributed by atoms with Crippen molar-refractivity contribution in [1.29, 1.82) is 0 Å². The minimum atomic E-state index is -0.408. The summed E-state index contributed by atoms with van der Waals surface area (Å²) in [6, 6.07) is 0. The van der Waals surface area contributed by atoms with E-state index in [4.69, 9.17) is 0 Å². The molecule has 0 bridgehead atoms. The highest BCUT2D eigenvalue weighted by atomic mass is 32.2. The molecule has 0 radical (unpaired) electrons. The van der Waals surface area contributed by atoms with Crippen LogP contribution in [-0.4, -0.2) is 30.6 Å². The summed E-state index contributed by atoms with van der Waals surface area (Å²) in [4.78, 5) is 33.7. The predicted molar refractivity (Wildman–Crippen MR) is 89.4 cm³/mol. The summed E-state index contributed by atoms with van der Waals surface area (Å²) in [5.41, 5.74) is 0. The van der Waals surface area contributed by atoms with Gasteiger partial charge in [-0.2, -0.15) is 0 Å². The van der Waals surface area contributed by atoms with Crippen LogP contribution in [0, 0.1) is 0 Å². The summed E-state index contributed by atoms with van der Waals surface area (Å²) in [6.07, 6.45) is 8.62. The Hall–Kier alpha value is -1.30. The molecule has 126 valence electrons. The number of unbranched alkanes of at least 4 members (excludes halogenated alkanes) is 5. The molecule has 0 unspecified atom stereocenters. The standard InChI is InChI=1S/C16H27NO4S/c1-3-4-5-6-7-8-12-17-14(18)11-13-22-16(20)10-9-15(19)21-2/h11,13H,3-10,12H2,1-2H3,(H,17,18)/b13-11-. The summed E-state index contributed by atoms with van der Waals surface area (Å²) in [5.74, 6) is -0.601. The highest BCUT2D eigenvalue weighted by molar-refractivity contribution is 8.16. The van der Waals surface area contributed by atoms with Crippen molar-refractivity contribution in [1.82, 2.24) is 5.32 Å². The van der Waals surface area contributed by atoms with Gasteiger partial charge in [0.05, 0.1) is 13.5 Å². The fraction of sp³-hybridized carbons (Fsp3) is 0.688. The van der Waals surface area contributed by atoms with Gasteiger partial charge in [-0.1, -0.05) is 50.8 Å². The van der Waals surface area contributed by atoms with Gasteiger partial charge < -0.3 is 10.1 Å². The molecule has 0 aliphatic rings. The van der Waals surface area contributed by atoms with Crippen molar-refractivity contribution in [3.8, 4) is 0 Å². The van der Waals surface area contributed by atoms with E-state index in [2.05, 4.69) is 17.0 Å². The lowest BCUT2D eigenvalue weighted by Gasteiger charge is -2.02. The molecular formula is C16H27NO4S. The number of thioether (sulfide) groups is 1. The molecule has 1 N–H and O–H groups in total. The molecule has 0 heterocycles. The Bertz CT molecular complexity index is 369. The van der Waals surface area contributed by atoms with Crippen LogP contribution in [0.1, 0.15) is 58.3 Å². The maximum atomic E-state index is 11.5. The third kappa shape index (κ3) is 13.7. The fourth-order valence-electron chi connectivity index (χ4n) is 1.71. The molecule has 0 aliphatic heterocycles. The van der Waals surface area contributed by atoms with E-state index in [9.17, 15) is 14.4 Å². The zero-order valence-corrected chi connectivity index (χ0v) is 14.4. The number of methoxy groups -OCH3 is 1. The molecule has 0 saturated heterocycles. The molecule has 0 rings (SSSR count). The van der Waals surface area contributed by atoms with Gasteiger partial charge in [0.2, 0.25) is 5.91 Å². The zero-order valence-electron chi connectivity index (χ0n) is 13.6. The number of amides is 1. The average Bonchev–Trinajstić information content (AvgIpc) is 2.51. The Morgan fingerprint density at radius 3 is 2.41 bits per heavy atom.